The number of fused-ring (bicyclic) bond motifs is 1. The van der Waals surface area contributed by atoms with Crippen molar-refractivity contribution in [1.29, 1.82) is 0 Å². The molecule has 0 heterocycles. The monoisotopic (exact) mass is 181 g/mol. The van der Waals surface area contributed by atoms with Crippen LogP contribution in [0.5, 0.6) is 0 Å². The Morgan fingerprint density at radius 1 is 1.42 bits per heavy atom. The van der Waals surface area contributed by atoms with Gasteiger partial charge in [-0.1, -0.05) is 23.7 Å². The van der Waals surface area contributed by atoms with Crippen LogP contribution in [-0.4, -0.2) is 5.54 Å². The van der Waals surface area contributed by atoms with Crippen LogP contribution in [0.3, 0.4) is 0 Å². The van der Waals surface area contributed by atoms with Crippen LogP contribution in [0.2, 0.25) is 5.02 Å². The molecule has 0 aliphatic heterocycles. The quantitative estimate of drug-likeness (QED) is 0.652. The van der Waals surface area contributed by atoms with E-state index in [1.807, 2.05) is 12.1 Å². The van der Waals surface area contributed by atoms with Gasteiger partial charge in [0.2, 0.25) is 0 Å². The maximum absolute atomic E-state index is 6.04. The molecule has 1 unspecified atom stereocenters. The summed E-state index contributed by atoms with van der Waals surface area (Å²) in [6, 6.07) is 6.03. The first kappa shape index (κ1) is 8.09. The van der Waals surface area contributed by atoms with Gasteiger partial charge < -0.3 is 5.73 Å². The Labute approximate surface area is 77.5 Å². The maximum Gasteiger partial charge on any atom is 0.0441 e. The first-order valence-electron chi connectivity index (χ1n) is 4.14. The van der Waals surface area contributed by atoms with E-state index in [9.17, 15) is 0 Å². The van der Waals surface area contributed by atoms with Crippen LogP contribution in [0.25, 0.3) is 0 Å². The van der Waals surface area contributed by atoms with Gasteiger partial charge in [0, 0.05) is 10.6 Å². The highest BCUT2D eigenvalue weighted by Gasteiger charge is 2.29. The fourth-order valence-corrected chi connectivity index (χ4v) is 2.13. The molecule has 2 heteroatoms. The van der Waals surface area contributed by atoms with Crippen molar-refractivity contribution >= 4 is 11.6 Å². The molecule has 0 saturated heterocycles. The number of nitrogens with two attached hydrogens (primary N) is 1. The van der Waals surface area contributed by atoms with E-state index < -0.39 is 0 Å². The number of rotatable bonds is 0. The van der Waals surface area contributed by atoms with E-state index in [0.717, 1.165) is 17.9 Å². The zero-order valence-electron chi connectivity index (χ0n) is 7.10. The highest BCUT2D eigenvalue weighted by Crippen LogP contribution is 2.32. The fourth-order valence-electron chi connectivity index (χ4n) is 1.87. The molecule has 1 aliphatic rings. The molecule has 1 aromatic carbocycles. The normalized spacial score (nSPS) is 27.2. The molecule has 2 rings (SSSR count). The first-order valence-corrected chi connectivity index (χ1v) is 4.51. The van der Waals surface area contributed by atoms with E-state index in [4.69, 9.17) is 17.3 Å². The van der Waals surface area contributed by atoms with Gasteiger partial charge in [-0.3, -0.25) is 0 Å². The first-order chi connectivity index (χ1) is 5.58. The smallest absolute Gasteiger partial charge is 0.0441 e. The Morgan fingerprint density at radius 2 is 2.17 bits per heavy atom. The molecule has 0 spiro atoms. The molecule has 0 saturated carbocycles. The Morgan fingerprint density at radius 3 is 2.83 bits per heavy atom. The molecule has 1 atom stereocenters. The van der Waals surface area contributed by atoms with Crippen molar-refractivity contribution in [3.8, 4) is 0 Å². The van der Waals surface area contributed by atoms with Gasteiger partial charge >= 0.3 is 0 Å². The van der Waals surface area contributed by atoms with E-state index >= 15 is 0 Å². The molecule has 0 radical (unpaired) electrons. The molecular formula is C10H12ClN. The van der Waals surface area contributed by atoms with Crippen molar-refractivity contribution in [2.75, 3.05) is 0 Å². The molecule has 0 aromatic heterocycles. The van der Waals surface area contributed by atoms with E-state index in [0.29, 0.717) is 0 Å². The second-order valence-electron chi connectivity index (χ2n) is 3.89. The number of halogens is 1. The van der Waals surface area contributed by atoms with Crippen LogP contribution < -0.4 is 5.73 Å². The van der Waals surface area contributed by atoms with Crippen molar-refractivity contribution in [3.05, 3.63) is 34.3 Å². The van der Waals surface area contributed by atoms with Crippen LogP contribution in [0.4, 0.5) is 0 Å². The summed E-state index contributed by atoms with van der Waals surface area (Å²) in [5.41, 5.74) is 8.50. The van der Waals surface area contributed by atoms with E-state index in [1.165, 1.54) is 11.1 Å². The summed E-state index contributed by atoms with van der Waals surface area (Å²) >= 11 is 6.04. The van der Waals surface area contributed by atoms with Gasteiger partial charge in [-0.2, -0.15) is 0 Å². The maximum atomic E-state index is 6.04. The molecule has 2 N–H and O–H groups in total. The van der Waals surface area contributed by atoms with Crippen LogP contribution in [0.1, 0.15) is 18.1 Å². The van der Waals surface area contributed by atoms with Crippen LogP contribution in [0.15, 0.2) is 18.2 Å². The SMILES string of the molecule is CC1(N)Cc2cccc(Cl)c2C1. The zero-order valence-corrected chi connectivity index (χ0v) is 7.86. The van der Waals surface area contributed by atoms with Crippen LogP contribution in [-0.2, 0) is 12.8 Å². The Bertz CT molecular complexity index is 318. The number of benzene rings is 1. The van der Waals surface area contributed by atoms with Crippen molar-refractivity contribution in [3.63, 3.8) is 0 Å². The van der Waals surface area contributed by atoms with Gasteiger partial charge in [0.05, 0.1) is 0 Å². The van der Waals surface area contributed by atoms with Gasteiger partial charge in [-0.25, -0.2) is 0 Å². The topological polar surface area (TPSA) is 26.0 Å². The summed E-state index contributed by atoms with van der Waals surface area (Å²) in [5.74, 6) is 0. The third kappa shape index (κ3) is 1.23. The van der Waals surface area contributed by atoms with Gasteiger partial charge in [0.15, 0.2) is 0 Å². The summed E-state index contributed by atoms with van der Waals surface area (Å²) in [6.07, 6.45) is 1.85. The van der Waals surface area contributed by atoms with E-state index in [2.05, 4.69) is 13.0 Å². The molecule has 1 aromatic rings. The van der Waals surface area contributed by atoms with Crippen molar-refractivity contribution in [1.82, 2.24) is 0 Å². The predicted octanol–water partition coefficient (Wildman–Crippen LogP) is 2.16. The second kappa shape index (κ2) is 2.48. The number of hydrogen-bond donors (Lipinski definition) is 1. The van der Waals surface area contributed by atoms with E-state index in [1.54, 1.807) is 0 Å². The minimum Gasteiger partial charge on any atom is -0.325 e. The molecule has 0 bridgehead atoms. The minimum absolute atomic E-state index is 0.0900. The average molecular weight is 182 g/mol. The zero-order chi connectivity index (χ0) is 8.77. The van der Waals surface area contributed by atoms with Crippen LogP contribution >= 0.6 is 11.6 Å². The molecule has 12 heavy (non-hydrogen) atoms. The van der Waals surface area contributed by atoms with Crippen molar-refractivity contribution in [2.24, 2.45) is 5.73 Å². The lowest BCUT2D eigenvalue weighted by molar-refractivity contribution is 0.499. The van der Waals surface area contributed by atoms with Gasteiger partial charge in [-0.15, -0.1) is 0 Å². The lowest BCUT2D eigenvalue weighted by Gasteiger charge is -2.15. The Kier molecular flexibility index (Phi) is 1.67. The summed E-state index contributed by atoms with van der Waals surface area (Å²) in [6.45, 7) is 2.07. The highest BCUT2D eigenvalue weighted by atomic mass is 35.5. The number of hydrogen-bond acceptors (Lipinski definition) is 1. The van der Waals surface area contributed by atoms with Crippen LogP contribution in [0, 0.1) is 0 Å². The molecule has 1 aliphatic carbocycles. The van der Waals surface area contributed by atoms with Crippen molar-refractivity contribution in [2.45, 2.75) is 25.3 Å². The molecule has 1 nitrogen and oxygen atoms in total. The van der Waals surface area contributed by atoms with Gasteiger partial charge in [0.25, 0.3) is 0 Å². The lowest BCUT2D eigenvalue weighted by atomic mass is 10.0. The molecular weight excluding hydrogens is 170 g/mol. The standard InChI is InChI=1S/C10H12ClN/c1-10(12)5-7-3-2-4-9(11)8(7)6-10/h2-4H,5-6,12H2,1H3. The molecule has 64 valence electrons. The Hall–Kier alpha value is -0.530. The third-order valence-electron chi connectivity index (χ3n) is 2.39. The predicted molar refractivity (Wildman–Crippen MR) is 51.5 cm³/mol. The summed E-state index contributed by atoms with van der Waals surface area (Å²) < 4.78 is 0. The summed E-state index contributed by atoms with van der Waals surface area (Å²) in [4.78, 5) is 0. The van der Waals surface area contributed by atoms with Crippen molar-refractivity contribution < 1.29 is 0 Å². The van der Waals surface area contributed by atoms with Gasteiger partial charge in [-0.05, 0) is 37.0 Å². The summed E-state index contributed by atoms with van der Waals surface area (Å²) in [5, 5.41) is 0.863. The average Bonchev–Trinajstić information content (AvgIpc) is 2.25. The third-order valence-corrected chi connectivity index (χ3v) is 2.74. The minimum atomic E-state index is -0.0900. The van der Waals surface area contributed by atoms with E-state index in [-0.39, 0.29) is 5.54 Å². The largest absolute Gasteiger partial charge is 0.325 e. The highest BCUT2D eigenvalue weighted by molar-refractivity contribution is 6.31. The summed E-state index contributed by atoms with van der Waals surface area (Å²) in [7, 11) is 0. The molecule has 0 amide bonds. The second-order valence-corrected chi connectivity index (χ2v) is 4.29. The Balaban J connectivity index is 2.48. The lowest BCUT2D eigenvalue weighted by Crippen LogP contribution is -2.36. The fraction of sp³-hybridized carbons (Fsp3) is 0.400. The van der Waals surface area contributed by atoms with Gasteiger partial charge in [0.1, 0.15) is 0 Å². The molecule has 0 fully saturated rings.